The predicted molar refractivity (Wildman–Crippen MR) is 63.0 cm³/mol. The predicted octanol–water partition coefficient (Wildman–Crippen LogP) is 3.60. The molecule has 102 valence electrons. The van der Waals surface area contributed by atoms with Gasteiger partial charge in [0.2, 0.25) is 0 Å². The van der Waals surface area contributed by atoms with Crippen LogP contribution in [0.25, 0.3) is 0 Å². The first-order valence-electron chi connectivity index (χ1n) is 5.51. The van der Waals surface area contributed by atoms with Crippen molar-refractivity contribution in [3.63, 3.8) is 0 Å². The molecule has 1 aromatic carbocycles. The molecule has 0 heterocycles. The summed E-state index contributed by atoms with van der Waals surface area (Å²) in [4.78, 5) is 0. The van der Waals surface area contributed by atoms with E-state index in [0.29, 0.717) is 22.8 Å². The molecule has 0 atom stereocenters. The summed E-state index contributed by atoms with van der Waals surface area (Å²) >= 11 is 5.86. The highest BCUT2D eigenvalue weighted by molar-refractivity contribution is 6.32. The van der Waals surface area contributed by atoms with Crippen LogP contribution in [0.15, 0.2) is 18.2 Å². The van der Waals surface area contributed by atoms with E-state index < -0.39 is 12.6 Å². The second kappa shape index (κ2) is 6.85. The molecule has 0 saturated heterocycles. The van der Waals surface area contributed by atoms with Gasteiger partial charge < -0.3 is 9.84 Å². The highest BCUT2D eigenvalue weighted by Gasteiger charge is 2.26. The molecular formula is C12H14ClF3O2. The average Bonchev–Trinajstić information content (AvgIpc) is 2.29. The second-order valence-electron chi connectivity index (χ2n) is 3.81. The SMILES string of the molecule is OCCCOc1cc(CCC(F)(F)F)ccc1Cl. The summed E-state index contributed by atoms with van der Waals surface area (Å²) in [7, 11) is 0. The number of benzene rings is 1. The summed E-state index contributed by atoms with van der Waals surface area (Å²) in [5.41, 5.74) is 0.524. The Hall–Kier alpha value is -0.940. The van der Waals surface area contributed by atoms with Crippen molar-refractivity contribution in [3.05, 3.63) is 28.8 Å². The van der Waals surface area contributed by atoms with Crippen LogP contribution in [0.5, 0.6) is 5.75 Å². The molecule has 0 radical (unpaired) electrons. The monoisotopic (exact) mass is 282 g/mol. The lowest BCUT2D eigenvalue weighted by Crippen LogP contribution is -2.08. The van der Waals surface area contributed by atoms with Gasteiger partial charge >= 0.3 is 6.18 Å². The summed E-state index contributed by atoms with van der Waals surface area (Å²) in [6.07, 6.45) is -4.69. The molecule has 0 amide bonds. The molecule has 0 aliphatic carbocycles. The lowest BCUT2D eigenvalue weighted by molar-refractivity contribution is -0.134. The summed E-state index contributed by atoms with van der Waals surface area (Å²) in [5.74, 6) is 0.352. The maximum Gasteiger partial charge on any atom is 0.389 e. The largest absolute Gasteiger partial charge is 0.492 e. The molecule has 0 aliphatic rings. The van der Waals surface area contributed by atoms with Crippen LogP contribution < -0.4 is 4.74 Å². The van der Waals surface area contributed by atoms with E-state index in [1.165, 1.54) is 12.1 Å². The van der Waals surface area contributed by atoms with Crippen molar-refractivity contribution in [2.45, 2.75) is 25.4 Å². The van der Waals surface area contributed by atoms with Crippen molar-refractivity contribution >= 4 is 11.6 Å². The fourth-order valence-electron chi connectivity index (χ4n) is 1.35. The lowest BCUT2D eigenvalue weighted by Gasteiger charge is -2.10. The van der Waals surface area contributed by atoms with Crippen molar-refractivity contribution < 1.29 is 23.0 Å². The molecule has 0 spiro atoms. The number of rotatable bonds is 6. The number of halogens is 4. The van der Waals surface area contributed by atoms with Gasteiger partial charge in [-0.05, 0) is 24.1 Å². The van der Waals surface area contributed by atoms with Crippen molar-refractivity contribution in [1.29, 1.82) is 0 Å². The number of aliphatic hydroxyl groups excluding tert-OH is 1. The molecular weight excluding hydrogens is 269 g/mol. The van der Waals surface area contributed by atoms with E-state index in [2.05, 4.69) is 0 Å². The Bertz CT molecular complexity index is 380. The number of aliphatic hydroxyl groups is 1. The Morgan fingerprint density at radius 1 is 1.28 bits per heavy atom. The molecule has 0 aromatic heterocycles. The first-order chi connectivity index (χ1) is 8.42. The maximum absolute atomic E-state index is 12.1. The van der Waals surface area contributed by atoms with Gasteiger partial charge in [0.15, 0.2) is 0 Å². The van der Waals surface area contributed by atoms with Crippen LogP contribution in [0.2, 0.25) is 5.02 Å². The molecule has 0 aliphatic heterocycles. The van der Waals surface area contributed by atoms with Crippen LogP contribution in [0.3, 0.4) is 0 Å². The third kappa shape index (κ3) is 5.60. The highest BCUT2D eigenvalue weighted by atomic mass is 35.5. The van der Waals surface area contributed by atoms with Crippen molar-refractivity contribution in [3.8, 4) is 5.75 Å². The minimum absolute atomic E-state index is 0.00855. The number of aryl methyl sites for hydroxylation is 1. The summed E-state index contributed by atoms with van der Waals surface area (Å²) in [5, 5.41) is 8.95. The van der Waals surface area contributed by atoms with E-state index in [0.717, 1.165) is 0 Å². The van der Waals surface area contributed by atoms with Gasteiger partial charge in [0.05, 0.1) is 11.6 Å². The molecule has 1 aromatic rings. The smallest absolute Gasteiger partial charge is 0.389 e. The molecule has 2 nitrogen and oxygen atoms in total. The molecule has 1 N–H and O–H groups in total. The van der Waals surface area contributed by atoms with E-state index in [1.807, 2.05) is 0 Å². The van der Waals surface area contributed by atoms with Crippen LogP contribution in [-0.4, -0.2) is 24.5 Å². The zero-order valence-electron chi connectivity index (χ0n) is 9.63. The van der Waals surface area contributed by atoms with Crippen molar-refractivity contribution in [2.75, 3.05) is 13.2 Å². The zero-order chi connectivity index (χ0) is 13.6. The van der Waals surface area contributed by atoms with E-state index >= 15 is 0 Å². The van der Waals surface area contributed by atoms with Gasteiger partial charge in [0.1, 0.15) is 5.75 Å². The Morgan fingerprint density at radius 3 is 2.61 bits per heavy atom. The molecule has 0 unspecified atom stereocenters. The molecule has 18 heavy (non-hydrogen) atoms. The third-order valence-electron chi connectivity index (χ3n) is 2.25. The van der Waals surface area contributed by atoms with E-state index in [4.69, 9.17) is 21.4 Å². The van der Waals surface area contributed by atoms with Gasteiger partial charge in [-0.3, -0.25) is 0 Å². The maximum atomic E-state index is 12.1. The van der Waals surface area contributed by atoms with E-state index in [9.17, 15) is 13.2 Å². The third-order valence-corrected chi connectivity index (χ3v) is 2.57. The standard InChI is InChI=1S/C12H14ClF3O2/c13-10-3-2-9(4-5-12(14,15)16)8-11(10)18-7-1-6-17/h2-3,8,17H,1,4-7H2. The van der Waals surface area contributed by atoms with Crippen LogP contribution >= 0.6 is 11.6 Å². The first-order valence-corrected chi connectivity index (χ1v) is 5.89. The average molecular weight is 283 g/mol. The first kappa shape index (κ1) is 15.1. The molecule has 0 saturated carbocycles. The van der Waals surface area contributed by atoms with E-state index in [-0.39, 0.29) is 19.6 Å². The van der Waals surface area contributed by atoms with Crippen LogP contribution in [0.4, 0.5) is 13.2 Å². The van der Waals surface area contributed by atoms with Gasteiger partial charge in [-0.2, -0.15) is 13.2 Å². The normalized spacial score (nSPS) is 11.6. The number of alkyl halides is 3. The van der Waals surface area contributed by atoms with E-state index in [1.54, 1.807) is 6.07 Å². The Labute approximate surface area is 108 Å². The summed E-state index contributed by atoms with van der Waals surface area (Å²) in [6.45, 7) is 0.268. The van der Waals surface area contributed by atoms with Crippen molar-refractivity contribution in [1.82, 2.24) is 0 Å². The Kier molecular flexibility index (Phi) is 5.75. The molecule has 6 heteroatoms. The topological polar surface area (TPSA) is 29.5 Å². The van der Waals surface area contributed by atoms with Gasteiger partial charge in [-0.15, -0.1) is 0 Å². The Morgan fingerprint density at radius 2 is 2.00 bits per heavy atom. The zero-order valence-corrected chi connectivity index (χ0v) is 10.4. The van der Waals surface area contributed by atoms with Crippen molar-refractivity contribution in [2.24, 2.45) is 0 Å². The second-order valence-corrected chi connectivity index (χ2v) is 4.21. The highest BCUT2D eigenvalue weighted by Crippen LogP contribution is 2.28. The molecule has 1 rings (SSSR count). The number of hydrogen-bond acceptors (Lipinski definition) is 2. The minimum Gasteiger partial charge on any atom is -0.492 e. The minimum atomic E-state index is -4.17. The van der Waals surface area contributed by atoms with Crippen LogP contribution in [0, 0.1) is 0 Å². The lowest BCUT2D eigenvalue weighted by atomic mass is 10.1. The molecule has 0 fully saturated rings. The quantitative estimate of drug-likeness (QED) is 0.808. The van der Waals surface area contributed by atoms with Gasteiger partial charge in [-0.1, -0.05) is 17.7 Å². The van der Waals surface area contributed by atoms with Crippen LogP contribution in [-0.2, 0) is 6.42 Å². The van der Waals surface area contributed by atoms with Crippen LogP contribution in [0.1, 0.15) is 18.4 Å². The Balaban J connectivity index is 2.62. The molecule has 0 bridgehead atoms. The van der Waals surface area contributed by atoms with Gasteiger partial charge in [0.25, 0.3) is 0 Å². The fourth-order valence-corrected chi connectivity index (χ4v) is 1.52. The number of hydrogen-bond donors (Lipinski definition) is 1. The van der Waals surface area contributed by atoms with Gasteiger partial charge in [0, 0.05) is 19.4 Å². The summed E-state index contributed by atoms with van der Waals surface area (Å²) < 4.78 is 41.5. The fraction of sp³-hybridized carbons (Fsp3) is 0.500. The summed E-state index contributed by atoms with van der Waals surface area (Å²) in [6, 6.07) is 4.57. The van der Waals surface area contributed by atoms with Gasteiger partial charge in [-0.25, -0.2) is 0 Å². The number of ether oxygens (including phenoxy) is 1.